The zero-order chi connectivity index (χ0) is 15.4. The molecule has 2 unspecified atom stereocenters. The number of nitrogens with one attached hydrogen (secondary N) is 1. The van der Waals surface area contributed by atoms with Crippen molar-refractivity contribution in [2.24, 2.45) is 0 Å². The van der Waals surface area contributed by atoms with Crippen molar-refractivity contribution in [3.8, 4) is 0 Å². The fourth-order valence-electron chi connectivity index (χ4n) is 3.17. The van der Waals surface area contributed by atoms with Crippen LogP contribution in [0.25, 0.3) is 0 Å². The van der Waals surface area contributed by atoms with Gasteiger partial charge in [-0.15, -0.1) is 0 Å². The standard InChI is InChI=1S/C14H25N3O4/c1-10(18)12(13(19)20)15-14(21)17-8-6-16(7-9-17)11-4-2-3-5-11/h10-12,18H,2-9H2,1H3,(H,15,21)(H,19,20). The van der Waals surface area contributed by atoms with E-state index in [9.17, 15) is 14.7 Å². The predicted octanol–water partition coefficient (Wildman–Crippen LogP) is 0.0902. The van der Waals surface area contributed by atoms with Crippen molar-refractivity contribution in [3.05, 3.63) is 0 Å². The molecule has 2 aliphatic rings. The number of aliphatic hydroxyl groups is 1. The molecule has 21 heavy (non-hydrogen) atoms. The number of urea groups is 1. The van der Waals surface area contributed by atoms with Crippen LogP contribution in [0.4, 0.5) is 4.79 Å². The van der Waals surface area contributed by atoms with Gasteiger partial charge in [-0.25, -0.2) is 9.59 Å². The average molecular weight is 299 g/mol. The van der Waals surface area contributed by atoms with Gasteiger partial charge in [-0.05, 0) is 19.8 Å². The molecule has 120 valence electrons. The molecule has 1 saturated heterocycles. The summed E-state index contributed by atoms with van der Waals surface area (Å²) in [6, 6.07) is -1.01. The van der Waals surface area contributed by atoms with E-state index >= 15 is 0 Å². The Morgan fingerprint density at radius 2 is 1.71 bits per heavy atom. The Hall–Kier alpha value is -1.34. The van der Waals surface area contributed by atoms with E-state index in [-0.39, 0.29) is 0 Å². The van der Waals surface area contributed by atoms with E-state index in [0.717, 1.165) is 13.1 Å². The van der Waals surface area contributed by atoms with Crippen LogP contribution in [0.2, 0.25) is 0 Å². The minimum absolute atomic E-state index is 0.408. The number of aliphatic carboxylic acids is 1. The third kappa shape index (κ3) is 4.07. The van der Waals surface area contributed by atoms with Crippen LogP contribution in [0.5, 0.6) is 0 Å². The van der Waals surface area contributed by atoms with E-state index in [1.54, 1.807) is 4.90 Å². The molecule has 7 heteroatoms. The lowest BCUT2D eigenvalue weighted by Gasteiger charge is -2.38. The zero-order valence-corrected chi connectivity index (χ0v) is 12.5. The molecule has 1 saturated carbocycles. The van der Waals surface area contributed by atoms with Gasteiger partial charge in [0.1, 0.15) is 0 Å². The lowest BCUT2D eigenvalue weighted by Crippen LogP contribution is -2.57. The number of hydrogen-bond acceptors (Lipinski definition) is 4. The fourth-order valence-corrected chi connectivity index (χ4v) is 3.17. The molecule has 0 aromatic carbocycles. The normalized spacial score (nSPS) is 23.8. The molecule has 0 radical (unpaired) electrons. The highest BCUT2D eigenvalue weighted by molar-refractivity contribution is 5.83. The van der Waals surface area contributed by atoms with Crippen LogP contribution in [-0.4, -0.2) is 76.4 Å². The Morgan fingerprint density at radius 1 is 1.14 bits per heavy atom. The van der Waals surface area contributed by atoms with Crippen molar-refractivity contribution in [1.29, 1.82) is 0 Å². The molecule has 3 N–H and O–H groups in total. The van der Waals surface area contributed by atoms with Gasteiger partial charge in [0.2, 0.25) is 0 Å². The Morgan fingerprint density at radius 3 is 2.19 bits per heavy atom. The van der Waals surface area contributed by atoms with Crippen molar-refractivity contribution >= 4 is 12.0 Å². The second kappa shape index (κ2) is 7.09. The summed E-state index contributed by atoms with van der Waals surface area (Å²) in [6.45, 7) is 4.25. The van der Waals surface area contributed by atoms with Crippen LogP contribution < -0.4 is 5.32 Å². The number of piperazine rings is 1. The average Bonchev–Trinajstić information content (AvgIpc) is 2.98. The molecule has 0 spiro atoms. The zero-order valence-electron chi connectivity index (χ0n) is 12.5. The van der Waals surface area contributed by atoms with E-state index in [0.29, 0.717) is 19.1 Å². The second-order valence-electron chi connectivity index (χ2n) is 5.97. The number of carbonyl (C=O) groups is 2. The van der Waals surface area contributed by atoms with Crippen LogP contribution in [-0.2, 0) is 4.79 Å². The van der Waals surface area contributed by atoms with E-state index in [4.69, 9.17) is 5.11 Å². The summed E-state index contributed by atoms with van der Waals surface area (Å²) in [7, 11) is 0. The van der Waals surface area contributed by atoms with Crippen LogP contribution in [0.1, 0.15) is 32.6 Å². The highest BCUT2D eigenvalue weighted by Crippen LogP contribution is 2.24. The van der Waals surface area contributed by atoms with Crippen molar-refractivity contribution in [2.75, 3.05) is 26.2 Å². The molecule has 0 bridgehead atoms. The van der Waals surface area contributed by atoms with Crippen LogP contribution in [0.3, 0.4) is 0 Å². The van der Waals surface area contributed by atoms with Crippen molar-refractivity contribution in [1.82, 2.24) is 15.1 Å². The van der Waals surface area contributed by atoms with Gasteiger partial charge in [-0.3, -0.25) is 4.90 Å². The largest absolute Gasteiger partial charge is 0.480 e. The first-order valence-electron chi connectivity index (χ1n) is 7.69. The van der Waals surface area contributed by atoms with Gasteiger partial charge in [0, 0.05) is 32.2 Å². The summed E-state index contributed by atoms with van der Waals surface area (Å²) in [5, 5.41) is 20.8. The maximum Gasteiger partial charge on any atom is 0.328 e. The topological polar surface area (TPSA) is 93.1 Å². The highest BCUT2D eigenvalue weighted by Gasteiger charge is 2.31. The first-order chi connectivity index (χ1) is 9.99. The predicted molar refractivity (Wildman–Crippen MR) is 77.0 cm³/mol. The van der Waals surface area contributed by atoms with Gasteiger partial charge in [0.15, 0.2) is 6.04 Å². The van der Waals surface area contributed by atoms with E-state index in [2.05, 4.69) is 10.2 Å². The molecule has 2 amide bonds. The van der Waals surface area contributed by atoms with Gasteiger partial charge in [0.05, 0.1) is 6.10 Å². The first-order valence-corrected chi connectivity index (χ1v) is 7.69. The van der Waals surface area contributed by atoms with Crippen LogP contribution in [0, 0.1) is 0 Å². The summed E-state index contributed by atoms with van der Waals surface area (Å²) in [6.07, 6.45) is 3.95. The quantitative estimate of drug-likeness (QED) is 0.684. The minimum Gasteiger partial charge on any atom is -0.480 e. The molecule has 1 aliphatic heterocycles. The van der Waals surface area contributed by atoms with Gasteiger partial charge in [-0.2, -0.15) is 0 Å². The number of carbonyl (C=O) groups excluding carboxylic acids is 1. The highest BCUT2D eigenvalue weighted by atomic mass is 16.4. The monoisotopic (exact) mass is 299 g/mol. The molecule has 2 rings (SSSR count). The molecule has 1 aliphatic carbocycles. The lowest BCUT2D eigenvalue weighted by atomic mass is 10.1. The summed E-state index contributed by atoms with van der Waals surface area (Å²) < 4.78 is 0. The molecule has 7 nitrogen and oxygen atoms in total. The third-order valence-electron chi connectivity index (χ3n) is 4.47. The molecular weight excluding hydrogens is 274 g/mol. The second-order valence-corrected chi connectivity index (χ2v) is 5.97. The fraction of sp³-hybridized carbons (Fsp3) is 0.857. The molecule has 1 heterocycles. The van der Waals surface area contributed by atoms with E-state index < -0.39 is 24.1 Å². The summed E-state index contributed by atoms with van der Waals surface area (Å²) >= 11 is 0. The molecular formula is C14H25N3O4. The van der Waals surface area contributed by atoms with Gasteiger partial charge >= 0.3 is 12.0 Å². The third-order valence-corrected chi connectivity index (χ3v) is 4.47. The molecule has 0 aromatic heterocycles. The number of carboxylic acid groups (broad SMARTS) is 1. The van der Waals surface area contributed by atoms with Gasteiger partial charge in [-0.1, -0.05) is 12.8 Å². The van der Waals surface area contributed by atoms with Crippen LogP contribution in [0.15, 0.2) is 0 Å². The van der Waals surface area contributed by atoms with Gasteiger partial charge in [0.25, 0.3) is 0 Å². The van der Waals surface area contributed by atoms with Gasteiger partial charge < -0.3 is 20.4 Å². The number of rotatable bonds is 4. The maximum absolute atomic E-state index is 12.1. The maximum atomic E-state index is 12.1. The minimum atomic E-state index is -1.26. The molecule has 0 aromatic rings. The van der Waals surface area contributed by atoms with Crippen LogP contribution >= 0.6 is 0 Å². The Labute approximate surface area is 124 Å². The Kier molecular flexibility index (Phi) is 5.41. The summed E-state index contributed by atoms with van der Waals surface area (Å²) in [4.78, 5) is 27.1. The number of amides is 2. The molecule has 2 fully saturated rings. The molecule has 2 atom stereocenters. The SMILES string of the molecule is CC(O)C(NC(=O)N1CCN(C2CCCC2)CC1)C(=O)O. The Bertz CT molecular complexity index is 374. The van der Waals surface area contributed by atoms with E-state index in [1.165, 1.54) is 32.6 Å². The Balaban J connectivity index is 1.80. The van der Waals surface area contributed by atoms with Crippen molar-refractivity contribution in [3.63, 3.8) is 0 Å². The van der Waals surface area contributed by atoms with E-state index in [1.807, 2.05) is 0 Å². The number of aliphatic hydroxyl groups excluding tert-OH is 1. The summed E-state index contributed by atoms with van der Waals surface area (Å²) in [5.41, 5.74) is 0. The first kappa shape index (κ1) is 16.0. The number of carboxylic acids is 1. The summed E-state index contributed by atoms with van der Waals surface area (Å²) in [5.74, 6) is -1.22. The lowest BCUT2D eigenvalue weighted by molar-refractivity contribution is -0.141. The number of nitrogens with zero attached hydrogens (tertiary/aromatic N) is 2. The van der Waals surface area contributed by atoms with Crippen molar-refractivity contribution < 1.29 is 19.8 Å². The number of hydrogen-bond donors (Lipinski definition) is 3. The smallest absolute Gasteiger partial charge is 0.328 e. The van der Waals surface area contributed by atoms with Crippen molar-refractivity contribution in [2.45, 2.75) is 50.8 Å².